The Morgan fingerprint density at radius 3 is 1.94 bits per heavy atom. The van der Waals surface area contributed by atoms with Crippen LogP contribution in [0.25, 0.3) is 0 Å². The molecule has 4 nitrogen and oxygen atoms in total. The second-order valence-corrected chi connectivity index (χ2v) is 9.99. The summed E-state index contributed by atoms with van der Waals surface area (Å²) in [5, 5.41) is 12.1. The van der Waals surface area contributed by atoms with E-state index in [2.05, 4.69) is 0 Å². The maximum atomic E-state index is 13.6. The molecular weight excluding hydrogens is 459 g/mol. The Bertz CT molecular complexity index is 974. The number of Topliss-reactive ketones (excluding diaryl/α,β-unsaturated/α-hetero) is 1. The van der Waals surface area contributed by atoms with Crippen LogP contribution in [0.3, 0.4) is 0 Å². The summed E-state index contributed by atoms with van der Waals surface area (Å²) in [6.45, 7) is 0. The Morgan fingerprint density at radius 1 is 0.909 bits per heavy atom. The molecule has 1 fully saturated rings. The summed E-state index contributed by atoms with van der Waals surface area (Å²) in [5.74, 6) is -1.42. The first kappa shape index (κ1) is 23.8. The first-order valence-electron chi connectivity index (χ1n) is 11.6. The number of benzene rings is 2. The molecule has 6 heteroatoms. The third kappa shape index (κ3) is 5.99. The number of carbonyl (C=O) groups is 2. The van der Waals surface area contributed by atoms with Gasteiger partial charge in [0, 0.05) is 16.0 Å². The number of hydrogen-bond acceptors (Lipinski definition) is 4. The number of rotatable bonds is 8. The molecule has 1 aliphatic heterocycles. The van der Waals surface area contributed by atoms with Gasteiger partial charge in [-0.2, -0.15) is 0 Å². The minimum Gasteiger partial charge on any atom is -0.507 e. The summed E-state index contributed by atoms with van der Waals surface area (Å²) in [4.78, 5) is 26.3. The Labute approximate surface area is 204 Å². The van der Waals surface area contributed by atoms with Gasteiger partial charge in [-0.25, -0.2) is 4.79 Å². The van der Waals surface area contributed by atoms with Crippen LogP contribution in [0.2, 0.25) is 10.0 Å². The highest BCUT2D eigenvalue weighted by atomic mass is 35.5. The first-order valence-corrected chi connectivity index (χ1v) is 12.3. The molecule has 1 unspecified atom stereocenters. The Balaban J connectivity index is 1.57. The Kier molecular flexibility index (Phi) is 7.77. The predicted molar refractivity (Wildman–Crippen MR) is 130 cm³/mol. The monoisotopic (exact) mass is 486 g/mol. The zero-order chi connectivity index (χ0) is 23.4. The molecule has 1 saturated carbocycles. The number of aliphatic hydroxyl groups excluding tert-OH is 1. The van der Waals surface area contributed by atoms with Crippen LogP contribution in [-0.2, 0) is 27.2 Å². The van der Waals surface area contributed by atoms with Gasteiger partial charge in [0.1, 0.15) is 5.57 Å². The van der Waals surface area contributed by atoms with Crippen molar-refractivity contribution in [1.82, 2.24) is 0 Å². The molecule has 33 heavy (non-hydrogen) atoms. The molecule has 2 aromatic rings. The van der Waals surface area contributed by atoms with Crippen LogP contribution in [0.4, 0.5) is 0 Å². The Hall–Kier alpha value is -2.30. The van der Waals surface area contributed by atoms with E-state index in [9.17, 15) is 14.7 Å². The van der Waals surface area contributed by atoms with Crippen molar-refractivity contribution in [3.8, 4) is 0 Å². The van der Waals surface area contributed by atoms with Crippen LogP contribution in [0.1, 0.15) is 49.7 Å². The third-order valence-electron chi connectivity index (χ3n) is 6.69. The zero-order valence-corrected chi connectivity index (χ0v) is 19.9. The maximum Gasteiger partial charge on any atom is 0.346 e. The van der Waals surface area contributed by atoms with E-state index in [0.29, 0.717) is 35.2 Å². The maximum absolute atomic E-state index is 13.6. The van der Waals surface area contributed by atoms with Gasteiger partial charge in [0.25, 0.3) is 0 Å². The molecule has 4 rings (SSSR count). The molecule has 1 aliphatic carbocycles. The number of aliphatic hydroxyl groups is 1. The molecule has 1 N–H and O–H groups in total. The van der Waals surface area contributed by atoms with Crippen molar-refractivity contribution in [3.05, 3.63) is 81.0 Å². The zero-order valence-electron chi connectivity index (χ0n) is 18.4. The fraction of sp³-hybridized carbons (Fsp3) is 0.407. The second-order valence-electron chi connectivity index (χ2n) is 9.12. The molecule has 0 saturated heterocycles. The average molecular weight is 487 g/mol. The van der Waals surface area contributed by atoms with Crippen molar-refractivity contribution in [2.45, 2.75) is 57.5 Å². The SMILES string of the molecule is O=C1OC(CC2CCCCC2)C(O)=C1C(=O)C(Cc1ccc(Cl)cc1)Cc1ccc(Cl)cc1. The van der Waals surface area contributed by atoms with Crippen molar-refractivity contribution in [2.75, 3.05) is 0 Å². The smallest absolute Gasteiger partial charge is 0.346 e. The van der Waals surface area contributed by atoms with E-state index < -0.39 is 18.0 Å². The highest BCUT2D eigenvalue weighted by molar-refractivity contribution is 6.30. The summed E-state index contributed by atoms with van der Waals surface area (Å²) < 4.78 is 5.47. The summed E-state index contributed by atoms with van der Waals surface area (Å²) in [6.07, 6.45) is 6.37. The highest BCUT2D eigenvalue weighted by Crippen LogP contribution is 2.34. The number of halogens is 2. The quantitative estimate of drug-likeness (QED) is 0.334. The van der Waals surface area contributed by atoms with E-state index in [1.165, 1.54) is 6.42 Å². The molecule has 0 aromatic heterocycles. The van der Waals surface area contributed by atoms with Gasteiger partial charge in [-0.3, -0.25) is 4.79 Å². The van der Waals surface area contributed by atoms with Gasteiger partial charge in [0.05, 0.1) is 0 Å². The van der Waals surface area contributed by atoms with Gasteiger partial charge < -0.3 is 9.84 Å². The van der Waals surface area contributed by atoms with Gasteiger partial charge in [-0.15, -0.1) is 0 Å². The van der Waals surface area contributed by atoms with Crippen molar-refractivity contribution in [1.29, 1.82) is 0 Å². The van der Waals surface area contributed by atoms with Crippen molar-refractivity contribution >= 4 is 35.0 Å². The molecule has 0 spiro atoms. The Morgan fingerprint density at radius 2 is 1.42 bits per heavy atom. The third-order valence-corrected chi connectivity index (χ3v) is 7.20. The second kappa shape index (κ2) is 10.8. The topological polar surface area (TPSA) is 63.6 Å². The van der Waals surface area contributed by atoms with Gasteiger partial charge in [-0.05, 0) is 60.6 Å². The largest absolute Gasteiger partial charge is 0.507 e. The number of esters is 1. The van der Waals surface area contributed by atoms with E-state index >= 15 is 0 Å². The van der Waals surface area contributed by atoms with Gasteiger partial charge >= 0.3 is 5.97 Å². The number of ether oxygens (including phenoxy) is 1. The molecule has 174 valence electrons. The summed E-state index contributed by atoms with van der Waals surface area (Å²) in [6, 6.07) is 14.6. The molecule has 0 bridgehead atoms. The molecular formula is C27H28Cl2O4. The summed E-state index contributed by atoms with van der Waals surface area (Å²) in [7, 11) is 0. The number of hydrogen-bond donors (Lipinski definition) is 1. The first-order chi connectivity index (χ1) is 15.9. The van der Waals surface area contributed by atoms with Gasteiger partial charge in [0.2, 0.25) is 0 Å². The molecule has 1 atom stereocenters. The number of carbonyl (C=O) groups excluding carboxylic acids is 2. The lowest BCUT2D eigenvalue weighted by Crippen LogP contribution is -2.25. The van der Waals surface area contributed by atoms with Crippen molar-refractivity contribution in [3.63, 3.8) is 0 Å². The average Bonchev–Trinajstić information content (AvgIpc) is 3.09. The van der Waals surface area contributed by atoms with E-state index in [1.807, 2.05) is 24.3 Å². The van der Waals surface area contributed by atoms with Crippen molar-refractivity contribution < 1.29 is 19.4 Å². The standard InChI is InChI=1S/C27H28Cl2O4/c28-21-10-6-18(7-11-21)14-20(15-19-8-12-22(29)13-9-19)25(30)24-26(31)23(33-27(24)32)16-17-4-2-1-3-5-17/h6-13,17,20,23,31H,1-5,14-16H2. The van der Waals surface area contributed by atoms with Crippen LogP contribution >= 0.6 is 23.2 Å². The van der Waals surface area contributed by atoms with Crippen LogP contribution in [0, 0.1) is 11.8 Å². The van der Waals surface area contributed by atoms with Gasteiger partial charge in [0.15, 0.2) is 17.6 Å². The van der Waals surface area contributed by atoms with E-state index in [0.717, 1.165) is 36.8 Å². The van der Waals surface area contributed by atoms with Crippen LogP contribution in [0.15, 0.2) is 59.9 Å². The highest BCUT2D eigenvalue weighted by Gasteiger charge is 2.41. The lowest BCUT2D eigenvalue weighted by molar-refractivity contribution is -0.142. The fourth-order valence-electron chi connectivity index (χ4n) is 4.89. The minimum absolute atomic E-state index is 0.191. The number of cyclic esters (lactones) is 1. The lowest BCUT2D eigenvalue weighted by atomic mass is 9.84. The molecule has 2 aromatic carbocycles. The van der Waals surface area contributed by atoms with Crippen LogP contribution in [0.5, 0.6) is 0 Å². The van der Waals surface area contributed by atoms with Gasteiger partial charge in [-0.1, -0.05) is 79.6 Å². The predicted octanol–water partition coefficient (Wildman–Crippen LogP) is 6.67. The molecule has 1 heterocycles. The van der Waals surface area contributed by atoms with Crippen LogP contribution < -0.4 is 0 Å². The fourth-order valence-corrected chi connectivity index (χ4v) is 5.15. The lowest BCUT2D eigenvalue weighted by Gasteiger charge is -2.23. The molecule has 2 aliphatic rings. The van der Waals surface area contributed by atoms with E-state index in [-0.39, 0.29) is 17.1 Å². The minimum atomic E-state index is -0.716. The number of ketones is 1. The normalized spacial score (nSPS) is 19.2. The summed E-state index contributed by atoms with van der Waals surface area (Å²) in [5.41, 5.74) is 1.66. The van der Waals surface area contributed by atoms with E-state index in [4.69, 9.17) is 27.9 Å². The summed E-state index contributed by atoms with van der Waals surface area (Å²) >= 11 is 12.0. The molecule has 0 radical (unpaired) electrons. The van der Waals surface area contributed by atoms with Crippen LogP contribution in [-0.4, -0.2) is 23.0 Å². The van der Waals surface area contributed by atoms with E-state index in [1.54, 1.807) is 24.3 Å². The molecule has 0 amide bonds. The van der Waals surface area contributed by atoms with Crippen molar-refractivity contribution in [2.24, 2.45) is 11.8 Å².